The van der Waals surface area contributed by atoms with Crippen molar-refractivity contribution >= 4 is 35.8 Å². The molecule has 1 fully saturated rings. The van der Waals surface area contributed by atoms with Gasteiger partial charge in [-0.25, -0.2) is 9.98 Å². The number of ether oxygens (including phenoxy) is 2. The van der Waals surface area contributed by atoms with E-state index in [-0.39, 0.29) is 30.8 Å². The zero-order valence-electron chi connectivity index (χ0n) is 18.1. The van der Waals surface area contributed by atoms with Gasteiger partial charge in [-0.2, -0.15) is 0 Å². The molecule has 0 atom stereocenters. The molecule has 0 amide bonds. The Balaban J connectivity index is 0.00000272. The quantitative estimate of drug-likeness (QED) is 0.333. The summed E-state index contributed by atoms with van der Waals surface area (Å²) in [5.41, 5.74) is 2.26. The molecule has 1 saturated heterocycles. The highest BCUT2D eigenvalue weighted by Gasteiger charge is 2.18. The number of hydrogen-bond donors (Lipinski definition) is 2. The first-order chi connectivity index (χ1) is 14.7. The monoisotopic (exact) mass is 538 g/mol. The van der Waals surface area contributed by atoms with Gasteiger partial charge in [-0.3, -0.25) is 0 Å². The van der Waals surface area contributed by atoms with E-state index in [2.05, 4.69) is 45.5 Å². The van der Waals surface area contributed by atoms with Crippen LogP contribution < -0.4 is 25.0 Å². The van der Waals surface area contributed by atoms with E-state index in [0.717, 1.165) is 61.6 Å². The first-order valence-electron chi connectivity index (χ1n) is 10.5. The number of aromatic nitrogens is 1. The van der Waals surface area contributed by atoms with Crippen LogP contribution in [0.3, 0.4) is 0 Å². The number of rotatable bonds is 6. The van der Waals surface area contributed by atoms with E-state index in [1.54, 1.807) is 0 Å². The number of nitrogens with zero attached hydrogens (tertiary/aromatic N) is 4. The number of likely N-dealkylation sites (N-methyl/N-ethyl adjacent to an activating group) is 1. The van der Waals surface area contributed by atoms with Crippen LogP contribution in [-0.4, -0.2) is 62.4 Å². The Morgan fingerprint density at radius 1 is 1.10 bits per heavy atom. The average Bonchev–Trinajstić information content (AvgIpc) is 3.24. The Kier molecular flexibility index (Phi) is 8.59. The molecule has 0 saturated carbocycles. The number of anilines is 1. The number of fused-ring (bicyclic) bond motifs is 1. The largest absolute Gasteiger partial charge is 0.454 e. The molecular formula is C22H31IN6O2. The number of hydrogen-bond acceptors (Lipinski definition) is 6. The third-order valence-corrected chi connectivity index (χ3v) is 5.32. The topological polar surface area (TPSA) is 74.2 Å². The molecule has 1 aromatic heterocycles. The molecule has 4 rings (SSSR count). The first-order valence-corrected chi connectivity index (χ1v) is 10.5. The number of halogens is 1. The van der Waals surface area contributed by atoms with Crippen molar-refractivity contribution in [2.45, 2.75) is 20.0 Å². The smallest absolute Gasteiger partial charge is 0.231 e. The van der Waals surface area contributed by atoms with Crippen molar-refractivity contribution in [3.63, 3.8) is 0 Å². The van der Waals surface area contributed by atoms with Crippen LogP contribution in [-0.2, 0) is 13.1 Å². The molecule has 2 aromatic rings. The van der Waals surface area contributed by atoms with Crippen LogP contribution in [0.2, 0.25) is 0 Å². The highest BCUT2D eigenvalue weighted by Crippen LogP contribution is 2.32. The average molecular weight is 538 g/mol. The fourth-order valence-corrected chi connectivity index (χ4v) is 3.60. The molecule has 0 aliphatic carbocycles. The van der Waals surface area contributed by atoms with Gasteiger partial charge in [-0.1, -0.05) is 12.1 Å². The van der Waals surface area contributed by atoms with Crippen LogP contribution in [0.25, 0.3) is 0 Å². The van der Waals surface area contributed by atoms with Gasteiger partial charge in [0.2, 0.25) is 6.79 Å². The third kappa shape index (κ3) is 6.13. The number of aliphatic imine (C=N–C) groups is 1. The zero-order valence-corrected chi connectivity index (χ0v) is 20.5. The lowest BCUT2D eigenvalue weighted by Gasteiger charge is -2.34. The molecule has 2 aliphatic rings. The molecule has 8 nitrogen and oxygen atoms in total. The Labute approximate surface area is 201 Å². The van der Waals surface area contributed by atoms with Gasteiger partial charge in [0, 0.05) is 51.0 Å². The second-order valence-electron chi connectivity index (χ2n) is 7.51. The fraction of sp³-hybridized carbons (Fsp3) is 0.455. The maximum absolute atomic E-state index is 5.46. The normalized spacial score (nSPS) is 16.1. The molecule has 2 aliphatic heterocycles. The van der Waals surface area contributed by atoms with Crippen molar-refractivity contribution in [3.8, 4) is 11.5 Å². The van der Waals surface area contributed by atoms with Gasteiger partial charge in [-0.05, 0) is 37.7 Å². The lowest BCUT2D eigenvalue weighted by Crippen LogP contribution is -2.45. The summed E-state index contributed by atoms with van der Waals surface area (Å²) in [5.74, 6) is 3.42. The minimum absolute atomic E-state index is 0. The minimum atomic E-state index is 0. The van der Waals surface area contributed by atoms with Crippen molar-refractivity contribution in [1.29, 1.82) is 0 Å². The predicted octanol–water partition coefficient (Wildman–Crippen LogP) is 2.44. The lowest BCUT2D eigenvalue weighted by atomic mass is 10.2. The highest BCUT2D eigenvalue weighted by atomic mass is 127. The van der Waals surface area contributed by atoms with Gasteiger partial charge >= 0.3 is 0 Å². The summed E-state index contributed by atoms with van der Waals surface area (Å²) in [6.07, 6.45) is 1.87. The number of nitrogens with one attached hydrogen (secondary N) is 2. The van der Waals surface area contributed by atoms with Crippen LogP contribution >= 0.6 is 24.0 Å². The molecule has 9 heteroatoms. The second-order valence-corrected chi connectivity index (χ2v) is 7.51. The van der Waals surface area contributed by atoms with Crippen molar-refractivity contribution in [1.82, 2.24) is 20.5 Å². The maximum atomic E-state index is 5.46. The summed E-state index contributed by atoms with van der Waals surface area (Å²) in [6, 6.07) is 10.1. The summed E-state index contributed by atoms with van der Waals surface area (Å²) in [7, 11) is 2.16. The zero-order chi connectivity index (χ0) is 20.8. The molecule has 0 radical (unpaired) electrons. The SMILES string of the molecule is CCNC(=NCc1ccc2c(c1)OCO2)NCc1cccnc1N1CCN(C)CC1.I. The molecule has 0 unspecified atom stereocenters. The molecule has 0 spiro atoms. The van der Waals surface area contributed by atoms with Gasteiger partial charge in [0.25, 0.3) is 0 Å². The van der Waals surface area contributed by atoms with E-state index in [1.807, 2.05) is 30.5 Å². The molecule has 31 heavy (non-hydrogen) atoms. The Hall–Kier alpha value is -2.27. The minimum Gasteiger partial charge on any atom is -0.454 e. The van der Waals surface area contributed by atoms with E-state index in [4.69, 9.17) is 14.5 Å². The van der Waals surface area contributed by atoms with E-state index in [1.165, 1.54) is 5.56 Å². The number of guanidine groups is 1. The summed E-state index contributed by atoms with van der Waals surface area (Å²) >= 11 is 0. The molecule has 3 heterocycles. The Morgan fingerprint density at radius 3 is 2.71 bits per heavy atom. The van der Waals surface area contributed by atoms with Gasteiger partial charge < -0.3 is 29.9 Å². The second kappa shape index (κ2) is 11.4. The lowest BCUT2D eigenvalue weighted by molar-refractivity contribution is 0.174. The molecule has 2 N–H and O–H groups in total. The molecular weight excluding hydrogens is 507 g/mol. The highest BCUT2D eigenvalue weighted by molar-refractivity contribution is 14.0. The van der Waals surface area contributed by atoms with Gasteiger partial charge in [0.1, 0.15) is 5.82 Å². The number of benzene rings is 1. The molecule has 0 bridgehead atoms. The van der Waals surface area contributed by atoms with Crippen molar-refractivity contribution < 1.29 is 9.47 Å². The molecule has 168 valence electrons. The first kappa shape index (κ1) is 23.4. The van der Waals surface area contributed by atoms with Crippen molar-refractivity contribution in [2.75, 3.05) is 51.5 Å². The predicted molar refractivity (Wildman–Crippen MR) is 134 cm³/mol. The van der Waals surface area contributed by atoms with Crippen LogP contribution in [0.5, 0.6) is 11.5 Å². The maximum Gasteiger partial charge on any atom is 0.231 e. The standard InChI is InChI=1S/C22H30N6O2.HI/c1-3-23-22(25-14-17-6-7-19-20(13-17)30-16-29-19)26-15-18-5-4-8-24-21(18)28-11-9-27(2)10-12-28;/h4-8,13H,3,9-12,14-16H2,1-2H3,(H2,23,25,26);1H. The summed E-state index contributed by atoms with van der Waals surface area (Å²) in [6.45, 7) is 8.49. The van der Waals surface area contributed by atoms with Gasteiger partial charge in [0.15, 0.2) is 17.5 Å². The van der Waals surface area contributed by atoms with Crippen molar-refractivity contribution in [3.05, 3.63) is 47.7 Å². The number of pyridine rings is 1. The molecule has 1 aromatic carbocycles. The van der Waals surface area contributed by atoms with Gasteiger partial charge in [0.05, 0.1) is 6.54 Å². The Bertz CT molecular complexity index is 886. The van der Waals surface area contributed by atoms with E-state index >= 15 is 0 Å². The Morgan fingerprint density at radius 2 is 1.90 bits per heavy atom. The van der Waals surface area contributed by atoms with Crippen LogP contribution in [0.15, 0.2) is 41.5 Å². The summed E-state index contributed by atoms with van der Waals surface area (Å²) < 4.78 is 10.8. The fourth-order valence-electron chi connectivity index (χ4n) is 3.60. The number of piperazine rings is 1. The van der Waals surface area contributed by atoms with Crippen LogP contribution in [0.1, 0.15) is 18.1 Å². The third-order valence-electron chi connectivity index (χ3n) is 5.32. The van der Waals surface area contributed by atoms with E-state index in [0.29, 0.717) is 13.1 Å². The van der Waals surface area contributed by atoms with E-state index < -0.39 is 0 Å². The van der Waals surface area contributed by atoms with Crippen molar-refractivity contribution in [2.24, 2.45) is 4.99 Å². The van der Waals surface area contributed by atoms with Crippen LogP contribution in [0.4, 0.5) is 5.82 Å². The summed E-state index contributed by atoms with van der Waals surface area (Å²) in [5, 5.41) is 6.78. The van der Waals surface area contributed by atoms with Crippen LogP contribution in [0, 0.1) is 0 Å². The van der Waals surface area contributed by atoms with Gasteiger partial charge in [-0.15, -0.1) is 24.0 Å². The summed E-state index contributed by atoms with van der Waals surface area (Å²) in [4.78, 5) is 14.1. The van der Waals surface area contributed by atoms with E-state index in [9.17, 15) is 0 Å².